The third-order valence-corrected chi connectivity index (χ3v) is 4.72. The normalized spacial score (nSPS) is 19.1. The first-order chi connectivity index (χ1) is 11.7. The maximum absolute atomic E-state index is 11.9. The number of carbonyl (C=O) groups is 3. The second-order valence-electron chi connectivity index (χ2n) is 6.82. The van der Waals surface area contributed by atoms with Crippen molar-refractivity contribution in [3.8, 4) is 0 Å². The van der Waals surface area contributed by atoms with E-state index in [1.165, 1.54) is 13.5 Å². The zero-order chi connectivity index (χ0) is 19.0. The summed E-state index contributed by atoms with van der Waals surface area (Å²) in [4.78, 5) is 34.7. The van der Waals surface area contributed by atoms with E-state index in [9.17, 15) is 14.4 Å². The van der Waals surface area contributed by atoms with Crippen LogP contribution in [0.25, 0.3) is 0 Å². The lowest BCUT2D eigenvalue weighted by molar-refractivity contribution is -0.166. The monoisotopic (exact) mass is 358 g/mol. The zero-order valence-electron chi connectivity index (χ0n) is 15.3. The molecule has 0 spiro atoms. The molecule has 8 nitrogen and oxygen atoms in total. The van der Waals surface area contributed by atoms with Crippen LogP contribution in [-0.2, 0) is 28.6 Å². The standard InChI is InChI=1S/C17H30N2O6/c1-11(2)17(7-5-4-6-8-17)24-10-13(19)16(22)25-15(21)12(18)9-14(20)23-3/h11-13H,4-10,18-19H2,1-3H3/t12-,13-/m0/s1. The van der Waals surface area contributed by atoms with Gasteiger partial charge in [0.05, 0.1) is 25.7 Å². The second kappa shape index (κ2) is 9.84. The first-order valence-corrected chi connectivity index (χ1v) is 8.69. The van der Waals surface area contributed by atoms with Crippen LogP contribution in [0.4, 0.5) is 0 Å². The minimum Gasteiger partial charge on any atom is -0.469 e. The third kappa shape index (κ3) is 6.37. The maximum Gasteiger partial charge on any atom is 0.333 e. The lowest BCUT2D eigenvalue weighted by atomic mass is 9.77. The summed E-state index contributed by atoms with van der Waals surface area (Å²) in [6, 6.07) is -2.36. The summed E-state index contributed by atoms with van der Waals surface area (Å²) in [5.41, 5.74) is 11.0. The first-order valence-electron chi connectivity index (χ1n) is 8.69. The molecule has 0 aromatic rings. The van der Waals surface area contributed by atoms with Gasteiger partial charge in [0.1, 0.15) is 12.1 Å². The van der Waals surface area contributed by atoms with E-state index in [-0.39, 0.29) is 18.6 Å². The molecule has 0 radical (unpaired) electrons. The number of methoxy groups -OCH3 is 1. The van der Waals surface area contributed by atoms with Crippen molar-refractivity contribution in [3.63, 3.8) is 0 Å². The second-order valence-corrected chi connectivity index (χ2v) is 6.82. The van der Waals surface area contributed by atoms with E-state index < -0.39 is 30.0 Å². The molecule has 1 aliphatic rings. The molecule has 0 aliphatic heterocycles. The predicted octanol–water partition coefficient (Wildman–Crippen LogP) is 0.649. The largest absolute Gasteiger partial charge is 0.469 e. The van der Waals surface area contributed by atoms with Gasteiger partial charge in [-0.1, -0.05) is 33.1 Å². The summed E-state index contributed by atoms with van der Waals surface area (Å²) >= 11 is 0. The molecule has 0 bridgehead atoms. The zero-order valence-corrected chi connectivity index (χ0v) is 15.3. The quantitative estimate of drug-likeness (QED) is 0.477. The minimum atomic E-state index is -1.27. The molecule has 0 amide bonds. The Hall–Kier alpha value is -1.51. The molecule has 1 saturated carbocycles. The Morgan fingerprint density at radius 3 is 2.08 bits per heavy atom. The molecule has 2 atom stereocenters. The van der Waals surface area contributed by atoms with Crippen LogP contribution in [-0.4, -0.2) is 49.3 Å². The van der Waals surface area contributed by atoms with Crippen molar-refractivity contribution in [2.24, 2.45) is 17.4 Å². The van der Waals surface area contributed by atoms with Crippen LogP contribution in [0.2, 0.25) is 0 Å². The highest BCUT2D eigenvalue weighted by atomic mass is 16.6. The summed E-state index contributed by atoms with van der Waals surface area (Å²) in [6.07, 6.45) is 4.82. The van der Waals surface area contributed by atoms with Gasteiger partial charge in [0.25, 0.3) is 0 Å². The molecular weight excluding hydrogens is 328 g/mol. The fourth-order valence-electron chi connectivity index (χ4n) is 2.96. The number of nitrogens with two attached hydrogens (primary N) is 2. The number of hydrogen-bond donors (Lipinski definition) is 2. The lowest BCUT2D eigenvalue weighted by Gasteiger charge is -2.41. The van der Waals surface area contributed by atoms with Crippen LogP contribution in [0.3, 0.4) is 0 Å². The van der Waals surface area contributed by atoms with Crippen molar-refractivity contribution in [2.45, 2.75) is 70.1 Å². The van der Waals surface area contributed by atoms with Crippen molar-refractivity contribution in [1.29, 1.82) is 0 Å². The third-order valence-electron chi connectivity index (χ3n) is 4.72. The van der Waals surface area contributed by atoms with Crippen LogP contribution >= 0.6 is 0 Å². The minimum absolute atomic E-state index is 0.0312. The molecule has 0 saturated heterocycles. The van der Waals surface area contributed by atoms with Gasteiger partial charge in [-0.25, -0.2) is 9.59 Å². The van der Waals surface area contributed by atoms with E-state index in [0.717, 1.165) is 25.7 Å². The Morgan fingerprint density at radius 2 is 1.56 bits per heavy atom. The van der Waals surface area contributed by atoms with Gasteiger partial charge in [0, 0.05) is 0 Å². The molecule has 8 heteroatoms. The van der Waals surface area contributed by atoms with Crippen LogP contribution in [0, 0.1) is 5.92 Å². The number of hydrogen-bond acceptors (Lipinski definition) is 8. The van der Waals surface area contributed by atoms with Gasteiger partial charge in [-0.3, -0.25) is 4.79 Å². The predicted molar refractivity (Wildman–Crippen MR) is 90.3 cm³/mol. The highest BCUT2D eigenvalue weighted by Gasteiger charge is 2.37. The van der Waals surface area contributed by atoms with Gasteiger partial charge in [-0.05, 0) is 18.8 Å². The Balaban J connectivity index is 2.50. The molecule has 1 rings (SSSR count). The highest BCUT2D eigenvalue weighted by Crippen LogP contribution is 2.37. The summed E-state index contributed by atoms with van der Waals surface area (Å²) in [5, 5.41) is 0. The average molecular weight is 358 g/mol. The van der Waals surface area contributed by atoms with Crippen molar-refractivity contribution in [2.75, 3.05) is 13.7 Å². The maximum atomic E-state index is 11.9. The van der Waals surface area contributed by atoms with Crippen molar-refractivity contribution in [1.82, 2.24) is 0 Å². The fourth-order valence-corrected chi connectivity index (χ4v) is 2.96. The van der Waals surface area contributed by atoms with E-state index in [0.29, 0.717) is 5.92 Å². The highest BCUT2D eigenvalue weighted by molar-refractivity contribution is 5.92. The lowest BCUT2D eigenvalue weighted by Crippen LogP contribution is -2.47. The molecule has 1 aliphatic carbocycles. The Kier molecular flexibility index (Phi) is 8.47. The van der Waals surface area contributed by atoms with Crippen LogP contribution in [0.1, 0.15) is 52.4 Å². The molecule has 4 N–H and O–H groups in total. The van der Waals surface area contributed by atoms with Crippen LogP contribution in [0.15, 0.2) is 0 Å². The summed E-state index contributed by atoms with van der Waals surface area (Å²) < 4.78 is 15.0. The van der Waals surface area contributed by atoms with Crippen LogP contribution in [0.5, 0.6) is 0 Å². The van der Waals surface area contributed by atoms with E-state index in [1.54, 1.807) is 0 Å². The number of carbonyl (C=O) groups excluding carboxylic acids is 3. The van der Waals surface area contributed by atoms with Gasteiger partial charge in [0.2, 0.25) is 0 Å². The van der Waals surface area contributed by atoms with Crippen molar-refractivity contribution in [3.05, 3.63) is 0 Å². The van der Waals surface area contributed by atoms with Crippen molar-refractivity contribution < 1.29 is 28.6 Å². The Labute approximate surface area is 148 Å². The Morgan fingerprint density at radius 1 is 1.00 bits per heavy atom. The van der Waals surface area contributed by atoms with Gasteiger partial charge in [0.15, 0.2) is 0 Å². The molecule has 0 heterocycles. The van der Waals surface area contributed by atoms with Gasteiger partial charge >= 0.3 is 17.9 Å². The summed E-state index contributed by atoms with van der Waals surface area (Å²) in [7, 11) is 1.18. The Bertz CT molecular complexity index is 474. The van der Waals surface area contributed by atoms with E-state index in [1.807, 2.05) is 0 Å². The van der Waals surface area contributed by atoms with Gasteiger partial charge in [-0.2, -0.15) is 0 Å². The van der Waals surface area contributed by atoms with Gasteiger partial charge < -0.3 is 25.7 Å². The molecule has 0 unspecified atom stereocenters. The first kappa shape index (κ1) is 21.5. The van der Waals surface area contributed by atoms with E-state index >= 15 is 0 Å². The van der Waals surface area contributed by atoms with Gasteiger partial charge in [-0.15, -0.1) is 0 Å². The smallest absolute Gasteiger partial charge is 0.333 e. The molecule has 0 aromatic carbocycles. The molecular formula is C17H30N2O6. The SMILES string of the molecule is COC(=O)C[C@H](N)C(=O)OC(=O)[C@@H](N)COC1(C(C)C)CCCCC1. The number of esters is 3. The average Bonchev–Trinajstić information content (AvgIpc) is 2.59. The molecule has 144 valence electrons. The summed E-state index contributed by atoms with van der Waals surface area (Å²) in [6.45, 7) is 4.14. The topological polar surface area (TPSA) is 131 Å². The fraction of sp³-hybridized carbons (Fsp3) is 0.824. The number of rotatable bonds is 8. The van der Waals surface area contributed by atoms with E-state index in [2.05, 4.69) is 23.3 Å². The van der Waals surface area contributed by atoms with E-state index in [4.69, 9.17) is 16.2 Å². The summed E-state index contributed by atoms with van der Waals surface area (Å²) in [5.74, 6) is -2.30. The molecule has 25 heavy (non-hydrogen) atoms. The molecule has 0 aromatic heterocycles. The molecule has 1 fully saturated rings. The van der Waals surface area contributed by atoms with Crippen LogP contribution < -0.4 is 11.5 Å². The number of ether oxygens (including phenoxy) is 3. The van der Waals surface area contributed by atoms with Crippen molar-refractivity contribution >= 4 is 17.9 Å².